The van der Waals surface area contributed by atoms with Gasteiger partial charge in [0.1, 0.15) is 0 Å². The van der Waals surface area contributed by atoms with Crippen molar-refractivity contribution < 1.29 is 4.79 Å². The van der Waals surface area contributed by atoms with Crippen LogP contribution in [0.2, 0.25) is 5.02 Å². The Labute approximate surface area is 184 Å². The van der Waals surface area contributed by atoms with E-state index in [1.54, 1.807) is 0 Å². The molecule has 2 saturated heterocycles. The molecule has 2 aromatic rings. The van der Waals surface area contributed by atoms with E-state index in [0.29, 0.717) is 6.54 Å². The lowest BCUT2D eigenvalue weighted by molar-refractivity contribution is -0.133. The first-order valence-corrected chi connectivity index (χ1v) is 11.2. The standard InChI is InChI=1S/C24H31ClN4O/c1-20-5-2-3-6-21(20)18-26-9-11-27(12-10-26)19-24(30)29-15-13-28(14-16-29)23-8-4-7-22(25)17-23/h2-8,17H,9-16,18-19H2,1H3. The molecule has 0 bridgehead atoms. The van der Waals surface area contributed by atoms with Gasteiger partial charge >= 0.3 is 0 Å². The van der Waals surface area contributed by atoms with Gasteiger partial charge in [0.25, 0.3) is 0 Å². The molecule has 0 N–H and O–H groups in total. The lowest BCUT2D eigenvalue weighted by Gasteiger charge is -2.38. The number of aryl methyl sites for hydroxylation is 1. The van der Waals surface area contributed by atoms with E-state index in [4.69, 9.17) is 11.6 Å². The van der Waals surface area contributed by atoms with Crippen LogP contribution >= 0.6 is 11.6 Å². The van der Waals surface area contributed by atoms with Gasteiger partial charge in [-0.1, -0.05) is 41.9 Å². The number of carbonyl (C=O) groups excluding carboxylic acids is 1. The van der Waals surface area contributed by atoms with Crippen molar-refractivity contribution in [2.75, 3.05) is 63.8 Å². The van der Waals surface area contributed by atoms with Crippen LogP contribution < -0.4 is 4.90 Å². The predicted molar refractivity (Wildman–Crippen MR) is 123 cm³/mol. The molecule has 4 rings (SSSR count). The number of benzene rings is 2. The molecule has 30 heavy (non-hydrogen) atoms. The van der Waals surface area contributed by atoms with E-state index in [0.717, 1.165) is 69.6 Å². The monoisotopic (exact) mass is 426 g/mol. The van der Waals surface area contributed by atoms with Gasteiger partial charge in [-0.3, -0.25) is 14.6 Å². The molecule has 0 aliphatic carbocycles. The van der Waals surface area contributed by atoms with Crippen LogP contribution in [0.4, 0.5) is 5.69 Å². The van der Waals surface area contributed by atoms with E-state index in [2.05, 4.69) is 52.0 Å². The van der Waals surface area contributed by atoms with Gasteiger partial charge in [-0.2, -0.15) is 0 Å². The first-order valence-electron chi connectivity index (χ1n) is 10.9. The third kappa shape index (κ3) is 5.34. The average molecular weight is 427 g/mol. The fourth-order valence-corrected chi connectivity index (χ4v) is 4.50. The normalized spacial score (nSPS) is 18.6. The SMILES string of the molecule is Cc1ccccc1CN1CCN(CC(=O)N2CCN(c3cccc(Cl)c3)CC2)CC1. The van der Waals surface area contributed by atoms with Crippen molar-refractivity contribution in [3.8, 4) is 0 Å². The summed E-state index contributed by atoms with van der Waals surface area (Å²) in [6.45, 7) is 10.9. The third-order valence-electron chi connectivity index (χ3n) is 6.28. The molecule has 1 amide bonds. The zero-order valence-corrected chi connectivity index (χ0v) is 18.5. The van der Waals surface area contributed by atoms with Crippen molar-refractivity contribution in [2.24, 2.45) is 0 Å². The van der Waals surface area contributed by atoms with Gasteiger partial charge in [0.2, 0.25) is 5.91 Å². The maximum absolute atomic E-state index is 12.8. The molecule has 2 aliphatic heterocycles. The molecule has 2 aliphatic rings. The maximum Gasteiger partial charge on any atom is 0.236 e. The quantitative estimate of drug-likeness (QED) is 0.734. The van der Waals surface area contributed by atoms with Crippen LogP contribution in [0.15, 0.2) is 48.5 Å². The molecular weight excluding hydrogens is 396 g/mol. The number of nitrogens with zero attached hydrogens (tertiary/aromatic N) is 4. The molecule has 2 fully saturated rings. The first kappa shape index (κ1) is 21.2. The minimum atomic E-state index is 0.257. The van der Waals surface area contributed by atoms with E-state index in [1.165, 1.54) is 11.1 Å². The highest BCUT2D eigenvalue weighted by atomic mass is 35.5. The van der Waals surface area contributed by atoms with Crippen molar-refractivity contribution in [3.63, 3.8) is 0 Å². The number of anilines is 1. The molecule has 2 aromatic carbocycles. The van der Waals surface area contributed by atoms with Gasteiger partial charge in [0.15, 0.2) is 0 Å². The average Bonchev–Trinajstić information content (AvgIpc) is 2.77. The van der Waals surface area contributed by atoms with Crippen LogP contribution in [0, 0.1) is 6.92 Å². The summed E-state index contributed by atoms with van der Waals surface area (Å²) in [5, 5.41) is 0.757. The van der Waals surface area contributed by atoms with Crippen LogP contribution in [0.5, 0.6) is 0 Å². The number of piperazine rings is 2. The highest BCUT2D eigenvalue weighted by molar-refractivity contribution is 6.30. The minimum absolute atomic E-state index is 0.257. The van der Waals surface area contributed by atoms with Crippen molar-refractivity contribution in [3.05, 3.63) is 64.7 Å². The van der Waals surface area contributed by atoms with Gasteiger partial charge in [0, 0.05) is 69.6 Å². The molecule has 0 atom stereocenters. The molecule has 2 heterocycles. The van der Waals surface area contributed by atoms with E-state index in [-0.39, 0.29) is 5.91 Å². The second kappa shape index (κ2) is 9.82. The number of carbonyl (C=O) groups is 1. The molecule has 0 radical (unpaired) electrons. The number of hydrogen-bond donors (Lipinski definition) is 0. The van der Waals surface area contributed by atoms with Gasteiger partial charge in [-0.15, -0.1) is 0 Å². The summed E-state index contributed by atoms with van der Waals surface area (Å²) in [4.78, 5) is 21.9. The zero-order valence-electron chi connectivity index (χ0n) is 17.8. The Morgan fingerprint density at radius 2 is 1.57 bits per heavy atom. The summed E-state index contributed by atoms with van der Waals surface area (Å²) in [6.07, 6.45) is 0. The Kier molecular flexibility index (Phi) is 6.93. The second-order valence-electron chi connectivity index (χ2n) is 8.33. The van der Waals surface area contributed by atoms with Crippen molar-refractivity contribution in [1.29, 1.82) is 0 Å². The van der Waals surface area contributed by atoms with Crippen molar-refractivity contribution in [1.82, 2.24) is 14.7 Å². The van der Waals surface area contributed by atoms with E-state index in [9.17, 15) is 4.79 Å². The molecule has 5 nitrogen and oxygen atoms in total. The molecule has 0 aromatic heterocycles. The van der Waals surface area contributed by atoms with Gasteiger partial charge in [0.05, 0.1) is 6.54 Å². The molecule has 160 valence electrons. The second-order valence-corrected chi connectivity index (χ2v) is 8.76. The summed E-state index contributed by atoms with van der Waals surface area (Å²) < 4.78 is 0. The maximum atomic E-state index is 12.8. The first-order chi connectivity index (χ1) is 14.6. The van der Waals surface area contributed by atoms with Crippen molar-refractivity contribution >= 4 is 23.2 Å². The van der Waals surface area contributed by atoms with Gasteiger partial charge in [-0.05, 0) is 36.2 Å². The van der Waals surface area contributed by atoms with E-state index in [1.807, 2.05) is 23.1 Å². The van der Waals surface area contributed by atoms with Crippen molar-refractivity contribution in [2.45, 2.75) is 13.5 Å². The Hall–Kier alpha value is -2.08. The van der Waals surface area contributed by atoms with Crippen LogP contribution in [0.1, 0.15) is 11.1 Å². The highest BCUT2D eigenvalue weighted by Crippen LogP contribution is 2.21. The molecule has 6 heteroatoms. The number of halogens is 1. The fraction of sp³-hybridized carbons (Fsp3) is 0.458. The van der Waals surface area contributed by atoms with Crippen LogP contribution in [0.25, 0.3) is 0 Å². The molecular formula is C24H31ClN4O. The lowest BCUT2D eigenvalue weighted by Crippen LogP contribution is -2.53. The van der Waals surface area contributed by atoms with Crippen LogP contribution in [0.3, 0.4) is 0 Å². The number of amides is 1. The summed E-state index contributed by atoms with van der Waals surface area (Å²) in [6, 6.07) is 16.6. The molecule has 0 spiro atoms. The van der Waals surface area contributed by atoms with Gasteiger partial charge in [-0.25, -0.2) is 0 Å². The summed E-state index contributed by atoms with van der Waals surface area (Å²) in [5.74, 6) is 0.257. The van der Waals surface area contributed by atoms with E-state index >= 15 is 0 Å². The summed E-state index contributed by atoms with van der Waals surface area (Å²) in [7, 11) is 0. The van der Waals surface area contributed by atoms with Crippen LogP contribution in [-0.2, 0) is 11.3 Å². The summed E-state index contributed by atoms with van der Waals surface area (Å²) in [5.41, 5.74) is 3.89. The highest BCUT2D eigenvalue weighted by Gasteiger charge is 2.25. The third-order valence-corrected chi connectivity index (χ3v) is 6.52. The molecule has 0 unspecified atom stereocenters. The summed E-state index contributed by atoms with van der Waals surface area (Å²) >= 11 is 6.11. The van der Waals surface area contributed by atoms with Gasteiger partial charge < -0.3 is 9.80 Å². The predicted octanol–water partition coefficient (Wildman–Crippen LogP) is 3.11. The number of hydrogen-bond acceptors (Lipinski definition) is 4. The topological polar surface area (TPSA) is 30.0 Å². The van der Waals surface area contributed by atoms with Crippen LogP contribution in [-0.4, -0.2) is 79.5 Å². The largest absolute Gasteiger partial charge is 0.368 e. The Morgan fingerprint density at radius 1 is 0.867 bits per heavy atom. The zero-order chi connectivity index (χ0) is 20.9. The fourth-order valence-electron chi connectivity index (χ4n) is 4.31. The Balaban J connectivity index is 1.20. The smallest absolute Gasteiger partial charge is 0.236 e. The van der Waals surface area contributed by atoms with E-state index < -0.39 is 0 Å². The Bertz CT molecular complexity index is 858. The lowest BCUT2D eigenvalue weighted by atomic mass is 10.1. The Morgan fingerprint density at radius 3 is 2.27 bits per heavy atom. The molecule has 0 saturated carbocycles. The number of rotatable bonds is 5. The minimum Gasteiger partial charge on any atom is -0.368 e.